The lowest BCUT2D eigenvalue weighted by Gasteiger charge is -2.18. The van der Waals surface area contributed by atoms with Crippen LogP contribution in [0, 0.1) is 0 Å². The molecular formula is C12H16F3N3O2. The average molecular weight is 291 g/mol. The van der Waals surface area contributed by atoms with Crippen molar-refractivity contribution in [1.82, 2.24) is 4.90 Å². The van der Waals surface area contributed by atoms with E-state index in [0.29, 0.717) is 11.3 Å². The first kappa shape index (κ1) is 16.1. The van der Waals surface area contributed by atoms with Crippen molar-refractivity contribution in [2.45, 2.75) is 6.18 Å². The molecule has 3 N–H and O–H groups in total. The highest BCUT2D eigenvalue weighted by molar-refractivity contribution is 5.97. The second-order valence-electron chi connectivity index (χ2n) is 4.21. The molecule has 0 aromatic heterocycles. The predicted octanol–water partition coefficient (Wildman–Crippen LogP) is 1.65. The number of amidine groups is 1. The summed E-state index contributed by atoms with van der Waals surface area (Å²) in [4.78, 5) is 1.13. The molecule has 0 spiro atoms. The number of likely N-dealkylation sites (N-methyl/N-ethyl adjacent to an activating group) is 1. The number of nitrogens with two attached hydrogens (primary N) is 1. The Morgan fingerprint density at radius 1 is 1.35 bits per heavy atom. The van der Waals surface area contributed by atoms with Crippen LogP contribution in [0.25, 0.3) is 0 Å². The molecule has 20 heavy (non-hydrogen) atoms. The van der Waals surface area contributed by atoms with Crippen LogP contribution in [-0.2, 0) is 0 Å². The number of hydrogen-bond donors (Lipinski definition) is 2. The second kappa shape index (κ2) is 6.99. The lowest BCUT2D eigenvalue weighted by atomic mass is 10.2. The third kappa shape index (κ3) is 5.79. The molecule has 0 amide bonds. The van der Waals surface area contributed by atoms with Crippen LogP contribution < -0.4 is 10.5 Å². The first-order valence-corrected chi connectivity index (χ1v) is 5.78. The minimum absolute atomic E-state index is 0.0264. The first-order chi connectivity index (χ1) is 9.31. The minimum atomic E-state index is -4.21. The van der Waals surface area contributed by atoms with Gasteiger partial charge >= 0.3 is 6.18 Å². The van der Waals surface area contributed by atoms with Gasteiger partial charge in [0.2, 0.25) is 0 Å². The van der Waals surface area contributed by atoms with E-state index in [1.165, 1.54) is 7.05 Å². The van der Waals surface area contributed by atoms with Crippen molar-refractivity contribution in [3.05, 3.63) is 29.8 Å². The zero-order valence-electron chi connectivity index (χ0n) is 10.9. The van der Waals surface area contributed by atoms with Crippen molar-refractivity contribution >= 4 is 5.84 Å². The van der Waals surface area contributed by atoms with E-state index in [-0.39, 0.29) is 19.0 Å². The minimum Gasteiger partial charge on any atom is -0.492 e. The van der Waals surface area contributed by atoms with Crippen LogP contribution in [0.5, 0.6) is 5.75 Å². The number of hydrogen-bond acceptors (Lipinski definition) is 4. The van der Waals surface area contributed by atoms with E-state index in [1.807, 2.05) is 0 Å². The fourth-order valence-electron chi connectivity index (χ4n) is 1.48. The Kier molecular flexibility index (Phi) is 5.63. The van der Waals surface area contributed by atoms with Gasteiger partial charge in [-0.2, -0.15) is 13.2 Å². The highest BCUT2D eigenvalue weighted by Crippen LogP contribution is 2.16. The van der Waals surface area contributed by atoms with E-state index in [9.17, 15) is 13.2 Å². The standard InChI is InChI=1S/C12H16F3N3O2/c1-18(8-12(13,14)15)6-7-20-10-4-2-9(3-5-10)11(16)17-19/h2-5,19H,6-8H2,1H3,(H2,16,17). The quantitative estimate of drug-likeness (QED) is 0.362. The summed E-state index contributed by atoms with van der Waals surface area (Å²) in [5, 5.41) is 11.3. The zero-order valence-corrected chi connectivity index (χ0v) is 10.9. The molecule has 0 unspecified atom stereocenters. The van der Waals surface area contributed by atoms with Crippen LogP contribution in [-0.4, -0.2) is 48.9 Å². The van der Waals surface area contributed by atoms with Gasteiger partial charge in [0.1, 0.15) is 12.4 Å². The van der Waals surface area contributed by atoms with Gasteiger partial charge in [0.25, 0.3) is 0 Å². The maximum Gasteiger partial charge on any atom is 0.401 e. The van der Waals surface area contributed by atoms with Crippen LogP contribution in [0.1, 0.15) is 5.56 Å². The molecule has 0 aliphatic rings. The molecule has 0 aliphatic heterocycles. The van der Waals surface area contributed by atoms with Gasteiger partial charge in [-0.3, -0.25) is 4.90 Å². The lowest BCUT2D eigenvalue weighted by Crippen LogP contribution is -2.33. The van der Waals surface area contributed by atoms with E-state index in [2.05, 4.69) is 5.16 Å². The fourth-order valence-corrected chi connectivity index (χ4v) is 1.48. The van der Waals surface area contributed by atoms with Gasteiger partial charge in [-0.1, -0.05) is 5.16 Å². The number of benzene rings is 1. The summed E-state index contributed by atoms with van der Waals surface area (Å²) in [5.41, 5.74) is 5.91. The van der Waals surface area contributed by atoms with Crippen molar-refractivity contribution < 1.29 is 23.1 Å². The molecule has 1 rings (SSSR count). The number of oxime groups is 1. The third-order valence-corrected chi connectivity index (χ3v) is 2.45. The predicted molar refractivity (Wildman–Crippen MR) is 68.0 cm³/mol. The van der Waals surface area contributed by atoms with Gasteiger partial charge in [0, 0.05) is 12.1 Å². The van der Waals surface area contributed by atoms with E-state index in [0.717, 1.165) is 4.90 Å². The molecule has 0 aliphatic carbocycles. The largest absolute Gasteiger partial charge is 0.492 e. The molecule has 0 saturated carbocycles. The van der Waals surface area contributed by atoms with Crippen molar-refractivity contribution in [3.8, 4) is 5.75 Å². The molecule has 0 heterocycles. The maximum atomic E-state index is 12.1. The molecule has 8 heteroatoms. The molecule has 1 aromatic carbocycles. The van der Waals surface area contributed by atoms with Crippen molar-refractivity contribution in [2.24, 2.45) is 10.9 Å². The fraction of sp³-hybridized carbons (Fsp3) is 0.417. The summed E-state index contributed by atoms with van der Waals surface area (Å²) in [6.45, 7) is -0.685. The number of rotatable bonds is 6. The average Bonchev–Trinajstić information content (AvgIpc) is 2.36. The van der Waals surface area contributed by atoms with Gasteiger partial charge in [-0.25, -0.2) is 0 Å². The monoisotopic (exact) mass is 291 g/mol. The molecule has 0 fully saturated rings. The molecule has 0 saturated heterocycles. The topological polar surface area (TPSA) is 71.1 Å². The Morgan fingerprint density at radius 3 is 2.45 bits per heavy atom. The molecule has 0 bridgehead atoms. The molecule has 5 nitrogen and oxygen atoms in total. The van der Waals surface area contributed by atoms with Crippen LogP contribution in [0.4, 0.5) is 13.2 Å². The van der Waals surface area contributed by atoms with E-state index in [4.69, 9.17) is 15.7 Å². The van der Waals surface area contributed by atoms with Crippen LogP contribution in [0.15, 0.2) is 29.4 Å². The van der Waals surface area contributed by atoms with Crippen molar-refractivity contribution in [2.75, 3.05) is 26.7 Å². The maximum absolute atomic E-state index is 12.1. The molecule has 0 radical (unpaired) electrons. The first-order valence-electron chi connectivity index (χ1n) is 5.78. The molecule has 112 valence electrons. The van der Waals surface area contributed by atoms with Crippen molar-refractivity contribution in [3.63, 3.8) is 0 Å². The van der Waals surface area contributed by atoms with Gasteiger partial charge in [-0.05, 0) is 31.3 Å². The number of ether oxygens (including phenoxy) is 1. The smallest absolute Gasteiger partial charge is 0.401 e. The van der Waals surface area contributed by atoms with E-state index < -0.39 is 12.7 Å². The molecule has 1 aromatic rings. The summed E-state index contributed by atoms with van der Waals surface area (Å²) in [6.07, 6.45) is -4.21. The zero-order chi connectivity index (χ0) is 15.2. The second-order valence-corrected chi connectivity index (χ2v) is 4.21. The Bertz CT molecular complexity index is 446. The summed E-state index contributed by atoms with van der Waals surface area (Å²) >= 11 is 0. The lowest BCUT2D eigenvalue weighted by molar-refractivity contribution is -0.143. The summed E-state index contributed by atoms with van der Waals surface area (Å²) < 4.78 is 41.6. The highest BCUT2D eigenvalue weighted by atomic mass is 19.4. The molecule has 0 atom stereocenters. The summed E-state index contributed by atoms with van der Waals surface area (Å²) in [5.74, 6) is 0.473. The van der Waals surface area contributed by atoms with Gasteiger partial charge in [0.05, 0.1) is 6.54 Å². The SMILES string of the molecule is CN(CCOc1ccc(/C(N)=N/O)cc1)CC(F)(F)F. The van der Waals surface area contributed by atoms with E-state index >= 15 is 0 Å². The van der Waals surface area contributed by atoms with Gasteiger partial charge in [0.15, 0.2) is 5.84 Å². The Labute approximate surface area is 114 Å². The number of halogens is 3. The number of nitrogens with zero attached hydrogens (tertiary/aromatic N) is 2. The van der Waals surface area contributed by atoms with Crippen molar-refractivity contribution in [1.29, 1.82) is 0 Å². The van der Waals surface area contributed by atoms with Gasteiger partial charge in [-0.15, -0.1) is 0 Å². The molecular weight excluding hydrogens is 275 g/mol. The normalized spacial score (nSPS) is 12.8. The van der Waals surface area contributed by atoms with Crippen LogP contribution >= 0.6 is 0 Å². The van der Waals surface area contributed by atoms with Crippen LogP contribution in [0.3, 0.4) is 0 Å². The highest BCUT2D eigenvalue weighted by Gasteiger charge is 2.28. The van der Waals surface area contributed by atoms with E-state index in [1.54, 1.807) is 24.3 Å². The van der Waals surface area contributed by atoms with Crippen LogP contribution in [0.2, 0.25) is 0 Å². The third-order valence-electron chi connectivity index (χ3n) is 2.45. The number of alkyl halides is 3. The summed E-state index contributed by atoms with van der Waals surface area (Å²) in [7, 11) is 1.37. The Balaban J connectivity index is 2.39. The summed E-state index contributed by atoms with van der Waals surface area (Å²) in [6, 6.07) is 6.36. The Morgan fingerprint density at radius 2 is 1.95 bits per heavy atom. The Hall–Kier alpha value is -1.96. The van der Waals surface area contributed by atoms with Gasteiger partial charge < -0.3 is 15.7 Å².